The van der Waals surface area contributed by atoms with Crippen molar-refractivity contribution in [2.45, 2.75) is 0 Å². The molecule has 17 heavy (non-hydrogen) atoms. The molecule has 0 bridgehead atoms. The van der Waals surface area contributed by atoms with Crippen LogP contribution in [0.3, 0.4) is 0 Å². The largest absolute Gasteiger partial charge is 0.464 e. The first-order chi connectivity index (χ1) is 8.13. The minimum Gasteiger partial charge on any atom is -0.464 e. The fourth-order valence-corrected chi connectivity index (χ4v) is 1.37. The molecule has 2 heterocycles. The summed E-state index contributed by atoms with van der Waals surface area (Å²) in [6.45, 7) is 0. The third kappa shape index (κ3) is 1.99. The van der Waals surface area contributed by atoms with Crippen molar-refractivity contribution in [3.8, 4) is 11.5 Å². The zero-order valence-electron chi connectivity index (χ0n) is 9.22. The number of halogens is 1. The van der Waals surface area contributed by atoms with Gasteiger partial charge in [0.25, 0.3) is 0 Å². The van der Waals surface area contributed by atoms with Crippen LogP contribution in [0.1, 0.15) is 10.5 Å². The van der Waals surface area contributed by atoms with E-state index >= 15 is 0 Å². The van der Waals surface area contributed by atoms with E-state index < -0.39 is 11.8 Å². The zero-order valence-corrected chi connectivity index (χ0v) is 9.22. The van der Waals surface area contributed by atoms with Gasteiger partial charge in [0, 0.05) is 7.05 Å². The van der Waals surface area contributed by atoms with Crippen LogP contribution in [0.25, 0.3) is 11.5 Å². The van der Waals surface area contributed by atoms with Crippen molar-refractivity contribution < 1.29 is 13.9 Å². The first kappa shape index (κ1) is 11.2. The predicted molar refractivity (Wildman–Crippen MR) is 55.5 cm³/mol. The van der Waals surface area contributed by atoms with Gasteiger partial charge in [-0.15, -0.1) is 0 Å². The van der Waals surface area contributed by atoms with Gasteiger partial charge in [-0.3, -0.25) is 0 Å². The highest BCUT2D eigenvalue weighted by molar-refractivity contribution is 5.93. The summed E-state index contributed by atoms with van der Waals surface area (Å²) in [4.78, 5) is 23.0. The van der Waals surface area contributed by atoms with Gasteiger partial charge in [0.15, 0.2) is 17.3 Å². The molecule has 0 aliphatic carbocycles. The van der Waals surface area contributed by atoms with Crippen LogP contribution < -0.4 is 0 Å². The lowest BCUT2D eigenvalue weighted by Crippen LogP contribution is -2.06. The van der Waals surface area contributed by atoms with Crippen molar-refractivity contribution in [2.24, 2.45) is 7.05 Å². The van der Waals surface area contributed by atoms with Crippen LogP contribution in [0.4, 0.5) is 4.39 Å². The third-order valence-corrected chi connectivity index (χ3v) is 2.15. The molecule has 0 aromatic carbocycles. The zero-order chi connectivity index (χ0) is 12.4. The molecule has 0 spiro atoms. The maximum absolute atomic E-state index is 12.7. The first-order valence-electron chi connectivity index (χ1n) is 4.71. The molecule has 7 heteroatoms. The molecule has 2 aromatic rings. The lowest BCUT2D eigenvalue weighted by Gasteiger charge is -2.03. The molecule has 0 unspecified atom stereocenters. The fraction of sp³-hybridized carbons (Fsp3) is 0.200. The Morgan fingerprint density at radius 1 is 1.35 bits per heavy atom. The quantitative estimate of drug-likeness (QED) is 0.721. The monoisotopic (exact) mass is 236 g/mol. The Morgan fingerprint density at radius 3 is 2.59 bits per heavy atom. The van der Waals surface area contributed by atoms with Crippen molar-refractivity contribution >= 4 is 5.97 Å². The summed E-state index contributed by atoms with van der Waals surface area (Å²) in [6, 6.07) is 0. The lowest BCUT2D eigenvalue weighted by molar-refractivity contribution is 0.0595. The Morgan fingerprint density at radius 2 is 2.00 bits per heavy atom. The maximum Gasteiger partial charge on any atom is 0.359 e. The Labute approximate surface area is 96.1 Å². The van der Waals surface area contributed by atoms with Gasteiger partial charge in [-0.05, 0) is 0 Å². The molecular formula is C10H9FN4O2. The molecule has 0 N–H and O–H groups in total. The second kappa shape index (κ2) is 4.28. The average Bonchev–Trinajstić information content (AvgIpc) is 2.71. The smallest absolute Gasteiger partial charge is 0.359 e. The summed E-state index contributed by atoms with van der Waals surface area (Å²) in [5, 5.41) is 0. The molecular weight excluding hydrogens is 227 g/mol. The lowest BCUT2D eigenvalue weighted by atomic mass is 10.3. The van der Waals surface area contributed by atoms with Gasteiger partial charge in [-0.1, -0.05) is 0 Å². The average molecular weight is 236 g/mol. The predicted octanol–water partition coefficient (Wildman–Crippen LogP) is 0.803. The number of carbonyl (C=O) groups excluding carboxylic acids is 1. The second-order valence-electron chi connectivity index (χ2n) is 3.27. The highest BCUT2D eigenvalue weighted by Crippen LogP contribution is 2.18. The number of aryl methyl sites for hydroxylation is 1. The van der Waals surface area contributed by atoms with Crippen LogP contribution >= 0.6 is 0 Å². The standard InChI is InChI=1S/C10H9FN4O2/c1-15-5-14-7(10(16)17-2)8(15)9-12-3-6(11)4-13-9/h3-5H,1-2H3. The molecule has 2 aromatic heterocycles. The number of esters is 1. The van der Waals surface area contributed by atoms with Crippen molar-refractivity contribution in [1.82, 2.24) is 19.5 Å². The fourth-order valence-electron chi connectivity index (χ4n) is 1.37. The SMILES string of the molecule is COC(=O)c1ncn(C)c1-c1ncc(F)cn1. The summed E-state index contributed by atoms with van der Waals surface area (Å²) in [7, 11) is 2.94. The highest BCUT2D eigenvalue weighted by atomic mass is 19.1. The van der Waals surface area contributed by atoms with E-state index in [9.17, 15) is 9.18 Å². The molecule has 88 valence electrons. The van der Waals surface area contributed by atoms with E-state index in [0.29, 0.717) is 5.69 Å². The molecule has 0 saturated carbocycles. The van der Waals surface area contributed by atoms with Crippen LogP contribution in [0.2, 0.25) is 0 Å². The summed E-state index contributed by atoms with van der Waals surface area (Å²) in [6.07, 6.45) is 3.49. The number of imidazole rings is 1. The first-order valence-corrected chi connectivity index (χ1v) is 4.71. The molecule has 0 fully saturated rings. The Bertz CT molecular complexity index is 550. The van der Waals surface area contributed by atoms with Gasteiger partial charge in [-0.2, -0.15) is 0 Å². The van der Waals surface area contributed by atoms with E-state index in [2.05, 4.69) is 19.7 Å². The summed E-state index contributed by atoms with van der Waals surface area (Å²) < 4.78 is 18.9. The van der Waals surface area contributed by atoms with E-state index in [1.807, 2.05) is 0 Å². The van der Waals surface area contributed by atoms with Gasteiger partial charge in [0.1, 0.15) is 5.69 Å². The molecule has 0 saturated heterocycles. The minimum atomic E-state index is -0.589. The van der Waals surface area contributed by atoms with Crippen molar-refractivity contribution in [3.05, 3.63) is 30.2 Å². The van der Waals surface area contributed by atoms with Crippen molar-refractivity contribution in [1.29, 1.82) is 0 Å². The number of hydrogen-bond acceptors (Lipinski definition) is 5. The Hall–Kier alpha value is -2.31. The van der Waals surface area contributed by atoms with Gasteiger partial charge < -0.3 is 9.30 Å². The number of hydrogen-bond donors (Lipinski definition) is 0. The van der Waals surface area contributed by atoms with Crippen LogP contribution in [-0.2, 0) is 11.8 Å². The molecule has 0 radical (unpaired) electrons. The summed E-state index contributed by atoms with van der Waals surface area (Å²) in [5.41, 5.74) is 0.485. The number of aromatic nitrogens is 4. The van der Waals surface area contributed by atoms with E-state index in [4.69, 9.17) is 0 Å². The van der Waals surface area contributed by atoms with Gasteiger partial charge in [0.05, 0.1) is 25.8 Å². The van der Waals surface area contributed by atoms with E-state index in [-0.39, 0.29) is 11.5 Å². The van der Waals surface area contributed by atoms with Gasteiger partial charge in [0.2, 0.25) is 0 Å². The van der Waals surface area contributed by atoms with Crippen molar-refractivity contribution in [2.75, 3.05) is 7.11 Å². The normalized spacial score (nSPS) is 10.3. The molecule has 0 aliphatic heterocycles. The molecule has 0 atom stereocenters. The molecule has 6 nitrogen and oxygen atoms in total. The van der Waals surface area contributed by atoms with Crippen LogP contribution in [0.5, 0.6) is 0 Å². The van der Waals surface area contributed by atoms with Gasteiger partial charge >= 0.3 is 5.97 Å². The topological polar surface area (TPSA) is 69.9 Å². The highest BCUT2D eigenvalue weighted by Gasteiger charge is 2.20. The van der Waals surface area contributed by atoms with Crippen LogP contribution in [0.15, 0.2) is 18.7 Å². The number of nitrogens with zero attached hydrogens (tertiary/aromatic N) is 4. The molecule has 2 rings (SSSR count). The Kier molecular flexibility index (Phi) is 2.82. The summed E-state index contributed by atoms with van der Waals surface area (Å²) in [5.74, 6) is -0.920. The van der Waals surface area contributed by atoms with E-state index in [1.54, 1.807) is 11.6 Å². The number of methoxy groups -OCH3 is 1. The number of carbonyl (C=O) groups is 1. The summed E-state index contributed by atoms with van der Waals surface area (Å²) >= 11 is 0. The molecule has 0 aliphatic rings. The Balaban J connectivity index is 2.54. The van der Waals surface area contributed by atoms with E-state index in [0.717, 1.165) is 12.4 Å². The number of ether oxygens (including phenoxy) is 1. The third-order valence-electron chi connectivity index (χ3n) is 2.15. The van der Waals surface area contributed by atoms with Gasteiger partial charge in [-0.25, -0.2) is 24.1 Å². The molecule has 0 amide bonds. The van der Waals surface area contributed by atoms with Crippen molar-refractivity contribution in [3.63, 3.8) is 0 Å². The second-order valence-corrected chi connectivity index (χ2v) is 3.27. The van der Waals surface area contributed by atoms with E-state index in [1.165, 1.54) is 13.4 Å². The maximum atomic E-state index is 12.7. The van der Waals surface area contributed by atoms with Crippen LogP contribution in [0, 0.1) is 5.82 Å². The number of rotatable bonds is 2. The van der Waals surface area contributed by atoms with Crippen LogP contribution in [-0.4, -0.2) is 32.6 Å². The minimum absolute atomic E-state index is 0.0987.